The lowest BCUT2D eigenvalue weighted by molar-refractivity contribution is 1.03. The minimum absolute atomic E-state index is 0.153. The van der Waals surface area contributed by atoms with Crippen LogP contribution in [0.3, 0.4) is 0 Å². The summed E-state index contributed by atoms with van der Waals surface area (Å²) < 4.78 is 0. The lowest BCUT2D eigenvalue weighted by Gasteiger charge is -1.93. The molecule has 3 rings (SSSR count). The van der Waals surface area contributed by atoms with Gasteiger partial charge in [0.2, 0.25) is 0 Å². The van der Waals surface area contributed by atoms with Gasteiger partial charge in [-0.1, -0.05) is 48.0 Å². The topological polar surface area (TPSA) is 64.4 Å². The fraction of sp³-hybridized carbons (Fsp3) is 0.0625. The van der Waals surface area contributed by atoms with E-state index in [1.54, 1.807) is 18.3 Å². The molecule has 0 atom stereocenters. The summed E-state index contributed by atoms with van der Waals surface area (Å²) in [4.78, 5) is 14.9. The minimum atomic E-state index is -0.153. The number of rotatable bonds is 3. The van der Waals surface area contributed by atoms with Gasteiger partial charge in [0.1, 0.15) is 0 Å². The Hall–Kier alpha value is -2.46. The lowest BCUT2D eigenvalue weighted by Crippen LogP contribution is -2.33. The third kappa shape index (κ3) is 3.17. The Bertz CT molecular complexity index is 903. The quantitative estimate of drug-likeness (QED) is 0.675. The molecule has 0 fully saturated rings. The van der Waals surface area contributed by atoms with Gasteiger partial charge >= 0.3 is 0 Å². The maximum atomic E-state index is 11.9. The van der Waals surface area contributed by atoms with Gasteiger partial charge in [-0.2, -0.15) is 0 Å². The number of nitrogens with one attached hydrogen (secondary N) is 3. The molecular weight excluding hydrogens is 286 g/mol. The van der Waals surface area contributed by atoms with Crippen molar-refractivity contribution in [1.82, 2.24) is 15.2 Å². The lowest BCUT2D eigenvalue weighted by atomic mass is 10.1. The predicted octanol–water partition coefficient (Wildman–Crippen LogP) is 1.54. The van der Waals surface area contributed by atoms with Crippen LogP contribution in [-0.4, -0.2) is 15.2 Å². The fourth-order valence-corrected chi connectivity index (χ4v) is 2.31. The summed E-state index contributed by atoms with van der Waals surface area (Å²) >= 11 is 5.87. The molecule has 0 amide bonds. The van der Waals surface area contributed by atoms with Crippen LogP contribution in [0.2, 0.25) is 5.02 Å². The van der Waals surface area contributed by atoms with Gasteiger partial charge in [0.05, 0.1) is 15.6 Å². The molecule has 0 aliphatic heterocycles. The van der Waals surface area contributed by atoms with E-state index in [1.165, 1.54) is 5.56 Å². The number of hydrogen-bond donors (Lipinski definition) is 3. The van der Waals surface area contributed by atoms with Gasteiger partial charge in [-0.3, -0.25) is 15.0 Å². The molecule has 0 aliphatic carbocycles. The zero-order valence-electron chi connectivity index (χ0n) is 11.2. The van der Waals surface area contributed by atoms with Crippen LogP contribution in [0.15, 0.2) is 47.4 Å². The SMILES string of the molecule is O=c1[nH][nH]c(=CCc2ccccc2)c1=Cc1cc(Cl)c[nH]1. The van der Waals surface area contributed by atoms with Crippen molar-refractivity contribution in [2.75, 3.05) is 0 Å². The normalized spacial score (nSPS) is 13.0. The van der Waals surface area contributed by atoms with E-state index in [0.717, 1.165) is 17.5 Å². The van der Waals surface area contributed by atoms with E-state index in [-0.39, 0.29) is 5.56 Å². The molecule has 0 saturated carbocycles. The standard InChI is InChI=1S/C16H14ClN3O/c17-12-8-13(18-10-12)9-14-15(19-20-16(14)21)7-6-11-4-2-1-3-5-11/h1-5,7-10,18-19H,6H2,(H,20,21). The number of hydrogen-bond acceptors (Lipinski definition) is 1. The van der Waals surface area contributed by atoms with Crippen LogP contribution >= 0.6 is 11.6 Å². The van der Waals surface area contributed by atoms with Crippen LogP contribution in [0.4, 0.5) is 0 Å². The van der Waals surface area contributed by atoms with Crippen molar-refractivity contribution in [2.45, 2.75) is 6.42 Å². The molecule has 3 N–H and O–H groups in total. The van der Waals surface area contributed by atoms with Gasteiger partial charge in [0.15, 0.2) is 0 Å². The summed E-state index contributed by atoms with van der Waals surface area (Å²) in [6, 6.07) is 11.9. The average molecular weight is 300 g/mol. The summed E-state index contributed by atoms with van der Waals surface area (Å²) in [6.45, 7) is 0. The average Bonchev–Trinajstić information content (AvgIpc) is 3.06. The second-order valence-electron chi connectivity index (χ2n) is 4.72. The number of H-pyrrole nitrogens is 3. The molecule has 0 unspecified atom stereocenters. The van der Waals surface area contributed by atoms with Gasteiger partial charge in [-0.25, -0.2) is 0 Å². The highest BCUT2D eigenvalue weighted by molar-refractivity contribution is 6.30. The summed E-state index contributed by atoms with van der Waals surface area (Å²) in [7, 11) is 0. The zero-order chi connectivity index (χ0) is 14.7. The van der Waals surface area contributed by atoms with E-state index < -0.39 is 0 Å². The van der Waals surface area contributed by atoms with E-state index >= 15 is 0 Å². The van der Waals surface area contributed by atoms with Crippen LogP contribution in [0.25, 0.3) is 12.2 Å². The molecule has 106 valence electrons. The van der Waals surface area contributed by atoms with Gasteiger partial charge < -0.3 is 4.98 Å². The fourth-order valence-electron chi connectivity index (χ4n) is 2.14. The smallest absolute Gasteiger partial charge is 0.271 e. The van der Waals surface area contributed by atoms with Crippen molar-refractivity contribution in [3.8, 4) is 0 Å². The molecule has 0 aliphatic rings. The third-order valence-electron chi connectivity index (χ3n) is 3.20. The zero-order valence-corrected chi connectivity index (χ0v) is 11.9. The van der Waals surface area contributed by atoms with Crippen LogP contribution in [0.1, 0.15) is 11.3 Å². The molecule has 2 heterocycles. The van der Waals surface area contributed by atoms with Crippen LogP contribution < -0.4 is 16.1 Å². The van der Waals surface area contributed by atoms with Crippen molar-refractivity contribution >= 4 is 23.8 Å². The Balaban J connectivity index is 2.01. The second kappa shape index (κ2) is 5.89. The molecule has 0 spiro atoms. The molecule has 1 aromatic carbocycles. The molecule has 21 heavy (non-hydrogen) atoms. The van der Waals surface area contributed by atoms with Gasteiger partial charge in [-0.05, 0) is 24.1 Å². The first-order valence-electron chi connectivity index (χ1n) is 6.59. The first-order valence-corrected chi connectivity index (χ1v) is 6.96. The Labute approximate surface area is 125 Å². The summed E-state index contributed by atoms with van der Waals surface area (Å²) in [5, 5.41) is 7.48. The summed E-state index contributed by atoms with van der Waals surface area (Å²) in [5.74, 6) is 0. The van der Waals surface area contributed by atoms with E-state index in [9.17, 15) is 4.79 Å². The van der Waals surface area contributed by atoms with Gasteiger partial charge in [0.25, 0.3) is 5.56 Å². The maximum absolute atomic E-state index is 11.9. The van der Waals surface area contributed by atoms with Gasteiger partial charge in [0, 0.05) is 11.9 Å². The number of aromatic amines is 3. The molecule has 2 aromatic heterocycles. The van der Waals surface area contributed by atoms with Crippen LogP contribution in [0.5, 0.6) is 0 Å². The van der Waals surface area contributed by atoms with Crippen molar-refractivity contribution in [3.63, 3.8) is 0 Å². The molecule has 0 radical (unpaired) electrons. The van der Waals surface area contributed by atoms with Crippen molar-refractivity contribution in [3.05, 3.63) is 79.8 Å². The molecule has 3 aromatic rings. The monoisotopic (exact) mass is 299 g/mol. The van der Waals surface area contributed by atoms with Crippen LogP contribution in [-0.2, 0) is 6.42 Å². The maximum Gasteiger partial charge on any atom is 0.271 e. The summed E-state index contributed by atoms with van der Waals surface area (Å²) in [6.07, 6.45) is 6.20. The highest BCUT2D eigenvalue weighted by Crippen LogP contribution is 2.09. The van der Waals surface area contributed by atoms with E-state index in [1.807, 2.05) is 24.3 Å². The van der Waals surface area contributed by atoms with Gasteiger partial charge in [-0.15, -0.1) is 0 Å². The van der Waals surface area contributed by atoms with Crippen molar-refractivity contribution in [1.29, 1.82) is 0 Å². The molecule has 5 heteroatoms. The minimum Gasteiger partial charge on any atom is -0.360 e. The first kappa shape index (κ1) is 13.5. The first-order chi connectivity index (χ1) is 10.2. The highest BCUT2D eigenvalue weighted by Gasteiger charge is 1.98. The third-order valence-corrected chi connectivity index (χ3v) is 3.42. The molecule has 0 bridgehead atoms. The summed E-state index contributed by atoms with van der Waals surface area (Å²) in [5.41, 5.74) is 1.83. The largest absolute Gasteiger partial charge is 0.360 e. The van der Waals surface area contributed by atoms with E-state index in [0.29, 0.717) is 10.2 Å². The second-order valence-corrected chi connectivity index (χ2v) is 5.15. The van der Waals surface area contributed by atoms with Crippen molar-refractivity contribution in [2.24, 2.45) is 0 Å². The Morgan fingerprint density at radius 3 is 2.67 bits per heavy atom. The van der Waals surface area contributed by atoms with E-state index in [2.05, 4.69) is 27.3 Å². The van der Waals surface area contributed by atoms with E-state index in [4.69, 9.17) is 11.6 Å². The van der Waals surface area contributed by atoms with Crippen molar-refractivity contribution < 1.29 is 0 Å². The molecule has 0 saturated heterocycles. The Morgan fingerprint density at radius 1 is 1.14 bits per heavy atom. The Morgan fingerprint density at radius 2 is 1.95 bits per heavy atom. The van der Waals surface area contributed by atoms with Crippen LogP contribution in [0, 0.1) is 0 Å². The molecular formula is C16H14ClN3O. The highest BCUT2D eigenvalue weighted by atomic mass is 35.5. The Kier molecular flexibility index (Phi) is 3.79. The number of halogens is 1. The number of benzene rings is 1. The predicted molar refractivity (Wildman–Crippen MR) is 84.6 cm³/mol. The molecule has 4 nitrogen and oxygen atoms in total. The number of aromatic nitrogens is 3.